The minimum absolute atomic E-state index is 0.0166. The largest absolute Gasteiger partial charge is 0.461 e. The van der Waals surface area contributed by atoms with Gasteiger partial charge in [0, 0.05) is 12.1 Å². The number of nitrogen functional groups attached to an aromatic ring is 1. The third-order valence-electron chi connectivity index (χ3n) is 3.84. The molecule has 0 bridgehead atoms. The highest BCUT2D eigenvalue weighted by molar-refractivity contribution is 7.16. The molecule has 0 unspecified atom stereocenters. The molecule has 2 heterocycles. The number of nitrogens with one attached hydrogen (secondary N) is 1. The Labute approximate surface area is 201 Å². The van der Waals surface area contributed by atoms with Gasteiger partial charge in [-0.3, -0.25) is 10.1 Å². The summed E-state index contributed by atoms with van der Waals surface area (Å²) in [5.74, 6) is -1.72. The van der Waals surface area contributed by atoms with E-state index in [1.165, 1.54) is 11.3 Å². The van der Waals surface area contributed by atoms with Crippen molar-refractivity contribution in [2.24, 2.45) is 0 Å². The summed E-state index contributed by atoms with van der Waals surface area (Å²) in [5, 5.41) is 15.7. The molecule has 0 spiro atoms. The fourth-order valence-corrected chi connectivity index (χ4v) is 4.03. The molecule has 0 aliphatic carbocycles. The Balaban J connectivity index is 0.000000287. The van der Waals surface area contributed by atoms with Crippen LogP contribution in [0.2, 0.25) is 0 Å². The van der Waals surface area contributed by atoms with Gasteiger partial charge >= 0.3 is 11.9 Å². The van der Waals surface area contributed by atoms with Crippen molar-refractivity contribution in [2.45, 2.75) is 27.7 Å². The molecule has 11 nitrogen and oxygen atoms in total. The van der Waals surface area contributed by atoms with Crippen LogP contribution in [0.5, 0.6) is 0 Å². The Bertz CT molecular complexity index is 1200. The van der Waals surface area contributed by atoms with Crippen molar-refractivity contribution in [3.63, 3.8) is 0 Å². The lowest BCUT2D eigenvalue weighted by atomic mass is 10.2. The summed E-state index contributed by atoms with van der Waals surface area (Å²) in [6.45, 7) is 7.39. The Morgan fingerprint density at radius 1 is 1.09 bits per heavy atom. The van der Waals surface area contributed by atoms with Crippen molar-refractivity contribution < 1.29 is 28.4 Å². The second-order valence-electron chi connectivity index (χ2n) is 6.34. The number of anilines is 3. The van der Waals surface area contributed by atoms with Gasteiger partial charge in [-0.25, -0.2) is 23.9 Å². The van der Waals surface area contributed by atoms with Crippen molar-refractivity contribution in [2.75, 3.05) is 24.3 Å². The van der Waals surface area contributed by atoms with E-state index in [2.05, 4.69) is 15.3 Å². The van der Waals surface area contributed by atoms with Crippen LogP contribution in [0, 0.1) is 29.8 Å². The van der Waals surface area contributed by atoms with Gasteiger partial charge in [0.1, 0.15) is 21.5 Å². The maximum absolute atomic E-state index is 13.3. The molecule has 34 heavy (non-hydrogen) atoms. The quantitative estimate of drug-likeness (QED) is 0.260. The van der Waals surface area contributed by atoms with Crippen molar-refractivity contribution in [3.8, 4) is 0 Å². The second kappa shape index (κ2) is 12.0. The second-order valence-corrected chi connectivity index (χ2v) is 8.78. The lowest BCUT2D eigenvalue weighted by Gasteiger charge is -2.06. The summed E-state index contributed by atoms with van der Waals surface area (Å²) in [7, 11) is 0. The Morgan fingerprint density at radius 3 is 2.18 bits per heavy atom. The Morgan fingerprint density at radius 2 is 1.65 bits per heavy atom. The number of halogens is 1. The molecule has 0 aliphatic heterocycles. The summed E-state index contributed by atoms with van der Waals surface area (Å²) >= 11 is 2.41. The van der Waals surface area contributed by atoms with Crippen LogP contribution in [0.25, 0.3) is 0 Å². The fourth-order valence-electron chi connectivity index (χ4n) is 2.53. The number of nitro benzene ring substituents is 1. The van der Waals surface area contributed by atoms with Crippen LogP contribution in [0.1, 0.15) is 44.8 Å². The smallest absolute Gasteiger partial charge is 0.360 e. The van der Waals surface area contributed by atoms with Crippen molar-refractivity contribution in [1.82, 2.24) is 9.97 Å². The number of nitrogens with two attached hydrogens (primary N) is 1. The summed E-state index contributed by atoms with van der Waals surface area (Å²) in [6.07, 6.45) is 0. The molecule has 0 aliphatic rings. The monoisotopic (exact) mass is 511 g/mol. The summed E-state index contributed by atoms with van der Waals surface area (Å²) in [6, 6.07) is 3.03. The first kappa shape index (κ1) is 26.6. The highest BCUT2D eigenvalue weighted by atomic mass is 32.1. The number of thiazole rings is 2. The molecule has 0 saturated heterocycles. The molecule has 0 amide bonds. The predicted molar refractivity (Wildman–Crippen MR) is 126 cm³/mol. The van der Waals surface area contributed by atoms with Crippen LogP contribution >= 0.6 is 22.7 Å². The Hall–Kier alpha value is -3.65. The first-order valence-corrected chi connectivity index (χ1v) is 11.5. The minimum atomic E-state index is -0.645. The molecular weight excluding hydrogens is 489 g/mol. The molecule has 0 atom stereocenters. The van der Waals surface area contributed by atoms with E-state index >= 15 is 0 Å². The number of nitro groups is 1. The number of benzene rings is 1. The molecule has 182 valence electrons. The number of ether oxygens (including phenoxy) is 2. The van der Waals surface area contributed by atoms with Crippen LogP contribution in [-0.4, -0.2) is 40.0 Å². The van der Waals surface area contributed by atoms with E-state index in [0.29, 0.717) is 16.6 Å². The maximum Gasteiger partial charge on any atom is 0.360 e. The predicted octanol–water partition coefficient (Wildman–Crippen LogP) is 4.63. The molecule has 3 rings (SSSR count). The zero-order valence-corrected chi connectivity index (χ0v) is 20.3. The van der Waals surface area contributed by atoms with Crippen molar-refractivity contribution in [3.05, 3.63) is 55.5 Å². The van der Waals surface area contributed by atoms with E-state index in [-0.39, 0.29) is 34.4 Å². The van der Waals surface area contributed by atoms with E-state index < -0.39 is 22.7 Å². The highest BCUT2D eigenvalue weighted by Gasteiger charge is 2.22. The van der Waals surface area contributed by atoms with Crippen LogP contribution in [-0.2, 0) is 9.47 Å². The average molecular weight is 512 g/mol. The van der Waals surface area contributed by atoms with Crippen LogP contribution < -0.4 is 11.1 Å². The van der Waals surface area contributed by atoms with E-state index in [1.807, 2.05) is 0 Å². The topological polar surface area (TPSA) is 160 Å². The van der Waals surface area contributed by atoms with Gasteiger partial charge in [-0.1, -0.05) is 0 Å². The van der Waals surface area contributed by atoms with E-state index in [0.717, 1.165) is 34.5 Å². The van der Waals surface area contributed by atoms with Gasteiger partial charge in [-0.15, -0.1) is 22.7 Å². The van der Waals surface area contributed by atoms with Gasteiger partial charge in [0.05, 0.1) is 28.2 Å². The standard InChI is InChI=1S/C13H12FN3O4S.C7H10N2O2S/c1-3-21-13(18)11-12(22-7(2)15-11)16-9-6-8(14)4-5-10(9)17(19)20;1-3-11-7(10)5-6(8)12-4(2)9-5/h4-6,16H,3H2,1-2H3;3,8H2,1-2H3. The lowest BCUT2D eigenvalue weighted by molar-refractivity contribution is -0.384. The average Bonchev–Trinajstić information content (AvgIpc) is 3.29. The molecule has 3 N–H and O–H groups in total. The zero-order valence-electron chi connectivity index (χ0n) is 18.7. The van der Waals surface area contributed by atoms with Gasteiger partial charge in [0.2, 0.25) is 0 Å². The van der Waals surface area contributed by atoms with Crippen molar-refractivity contribution in [1.29, 1.82) is 0 Å². The van der Waals surface area contributed by atoms with Crippen LogP contribution in [0.15, 0.2) is 18.2 Å². The third-order valence-corrected chi connectivity index (χ3v) is 5.52. The number of aromatic nitrogens is 2. The number of carbonyl (C=O) groups excluding carboxylic acids is 2. The van der Waals surface area contributed by atoms with Gasteiger partial charge in [0.25, 0.3) is 5.69 Å². The van der Waals surface area contributed by atoms with Gasteiger partial charge in [-0.2, -0.15) is 0 Å². The number of nitrogens with zero attached hydrogens (tertiary/aromatic N) is 3. The third kappa shape index (κ3) is 6.92. The summed E-state index contributed by atoms with van der Waals surface area (Å²) < 4.78 is 23.0. The first-order valence-electron chi connectivity index (χ1n) is 9.82. The summed E-state index contributed by atoms with van der Waals surface area (Å²) in [5.41, 5.74) is 5.42. The number of hydrogen-bond acceptors (Lipinski definition) is 12. The first-order chi connectivity index (χ1) is 16.1. The highest BCUT2D eigenvalue weighted by Crippen LogP contribution is 2.33. The number of rotatable bonds is 7. The van der Waals surface area contributed by atoms with Gasteiger partial charge in [0.15, 0.2) is 11.4 Å². The number of carbonyl (C=O) groups is 2. The lowest BCUT2D eigenvalue weighted by Crippen LogP contribution is -2.08. The SMILES string of the molecule is CCOC(=O)c1nc(C)sc1N.CCOC(=O)c1nc(C)sc1Nc1cc(F)ccc1[N+](=O)[O-]. The number of aryl methyl sites for hydroxylation is 2. The molecule has 1 aromatic carbocycles. The van der Waals surface area contributed by atoms with E-state index in [4.69, 9.17) is 15.2 Å². The Kier molecular flexibility index (Phi) is 9.38. The maximum atomic E-state index is 13.3. The molecular formula is C20H22FN5O6S2. The van der Waals surface area contributed by atoms with Crippen LogP contribution in [0.4, 0.5) is 25.8 Å². The zero-order chi connectivity index (χ0) is 25.4. The number of esters is 2. The normalized spacial score (nSPS) is 10.1. The van der Waals surface area contributed by atoms with Gasteiger partial charge < -0.3 is 20.5 Å². The van der Waals surface area contributed by atoms with E-state index in [9.17, 15) is 24.1 Å². The molecule has 14 heteroatoms. The molecule has 3 aromatic rings. The number of hydrogen-bond donors (Lipinski definition) is 2. The molecule has 0 radical (unpaired) electrons. The molecule has 2 aromatic heterocycles. The van der Waals surface area contributed by atoms with Crippen LogP contribution in [0.3, 0.4) is 0 Å². The van der Waals surface area contributed by atoms with Gasteiger partial charge in [-0.05, 0) is 33.8 Å². The fraction of sp³-hybridized carbons (Fsp3) is 0.300. The molecule has 0 saturated carbocycles. The van der Waals surface area contributed by atoms with E-state index in [1.54, 1.807) is 27.7 Å². The molecule has 0 fully saturated rings. The van der Waals surface area contributed by atoms with Crippen molar-refractivity contribution >= 4 is 56.0 Å². The summed E-state index contributed by atoms with van der Waals surface area (Å²) in [4.78, 5) is 41.3. The minimum Gasteiger partial charge on any atom is -0.461 e.